The lowest BCUT2D eigenvalue weighted by molar-refractivity contribution is 0.265. The molecule has 0 aliphatic carbocycles. The van der Waals surface area contributed by atoms with Gasteiger partial charge >= 0.3 is 0 Å². The van der Waals surface area contributed by atoms with Gasteiger partial charge in [-0.15, -0.1) is 0 Å². The van der Waals surface area contributed by atoms with Crippen LogP contribution in [0.2, 0.25) is 0 Å². The molecule has 80 valence electrons. The van der Waals surface area contributed by atoms with E-state index in [1.54, 1.807) is 0 Å². The summed E-state index contributed by atoms with van der Waals surface area (Å²) in [6, 6.07) is -0.179. The topological polar surface area (TPSA) is 64.1 Å². The van der Waals surface area contributed by atoms with Crippen molar-refractivity contribution >= 4 is 0 Å². The van der Waals surface area contributed by atoms with Gasteiger partial charge in [-0.2, -0.15) is 5.10 Å². The van der Waals surface area contributed by atoms with Crippen molar-refractivity contribution in [2.45, 2.75) is 39.8 Å². The van der Waals surface area contributed by atoms with Crippen LogP contribution in [0.25, 0.3) is 0 Å². The summed E-state index contributed by atoms with van der Waals surface area (Å²) in [7, 11) is 0. The summed E-state index contributed by atoms with van der Waals surface area (Å²) in [5, 5.41) is 13.3. The fourth-order valence-corrected chi connectivity index (χ4v) is 1.66. The van der Waals surface area contributed by atoms with Gasteiger partial charge in [0, 0.05) is 18.3 Å². The molecule has 1 heterocycles. The summed E-state index contributed by atoms with van der Waals surface area (Å²) in [5.74, 6) is 0. The molecule has 0 saturated heterocycles. The van der Waals surface area contributed by atoms with Gasteiger partial charge in [0.25, 0.3) is 0 Å². The molecule has 0 aromatic carbocycles. The number of hydrogen-bond acceptors (Lipinski definition) is 3. The smallest absolute Gasteiger partial charge is 0.0629 e. The van der Waals surface area contributed by atoms with Crippen molar-refractivity contribution in [3.8, 4) is 0 Å². The van der Waals surface area contributed by atoms with Gasteiger partial charge in [-0.3, -0.25) is 4.68 Å². The molecule has 3 N–H and O–H groups in total. The number of nitrogens with two attached hydrogens (primary N) is 1. The molecule has 4 heteroatoms. The van der Waals surface area contributed by atoms with Gasteiger partial charge in [0.15, 0.2) is 0 Å². The largest absolute Gasteiger partial charge is 0.395 e. The maximum atomic E-state index is 8.89. The standard InChI is InChI=1S/C10H19N3O/c1-4-13-8(3)10(7(2)12-13)5-9(11)6-14/h9,14H,4-6,11H2,1-3H3. The van der Waals surface area contributed by atoms with E-state index in [1.165, 1.54) is 5.56 Å². The summed E-state index contributed by atoms with van der Waals surface area (Å²) in [6.07, 6.45) is 0.703. The Morgan fingerprint density at radius 3 is 2.57 bits per heavy atom. The van der Waals surface area contributed by atoms with Crippen molar-refractivity contribution in [2.24, 2.45) is 5.73 Å². The van der Waals surface area contributed by atoms with E-state index >= 15 is 0 Å². The van der Waals surface area contributed by atoms with E-state index in [1.807, 2.05) is 18.5 Å². The normalized spacial score (nSPS) is 13.2. The molecule has 0 fully saturated rings. The Labute approximate surface area is 84.7 Å². The van der Waals surface area contributed by atoms with E-state index in [4.69, 9.17) is 10.8 Å². The molecule has 0 bridgehead atoms. The Balaban J connectivity index is 2.90. The molecule has 0 aliphatic heterocycles. The summed E-state index contributed by atoms with van der Waals surface area (Å²) >= 11 is 0. The van der Waals surface area contributed by atoms with Gasteiger partial charge in [-0.25, -0.2) is 0 Å². The van der Waals surface area contributed by atoms with Crippen LogP contribution in [-0.4, -0.2) is 27.5 Å². The van der Waals surface area contributed by atoms with E-state index in [0.29, 0.717) is 6.42 Å². The van der Waals surface area contributed by atoms with Crippen molar-refractivity contribution in [2.75, 3.05) is 6.61 Å². The molecule has 0 amide bonds. The van der Waals surface area contributed by atoms with Gasteiger partial charge in [0.05, 0.1) is 12.3 Å². The minimum atomic E-state index is -0.179. The first-order valence-corrected chi connectivity index (χ1v) is 4.99. The minimum Gasteiger partial charge on any atom is -0.395 e. The van der Waals surface area contributed by atoms with Crippen LogP contribution in [0.1, 0.15) is 23.9 Å². The number of rotatable bonds is 4. The van der Waals surface area contributed by atoms with E-state index in [0.717, 1.165) is 17.9 Å². The predicted octanol–water partition coefficient (Wildman–Crippen LogP) is 0.382. The van der Waals surface area contributed by atoms with Gasteiger partial charge in [0.1, 0.15) is 0 Å². The maximum Gasteiger partial charge on any atom is 0.0629 e. The Hall–Kier alpha value is -0.870. The number of aryl methyl sites for hydroxylation is 2. The SMILES string of the molecule is CCn1nc(C)c(CC(N)CO)c1C. The summed E-state index contributed by atoms with van der Waals surface area (Å²) < 4.78 is 1.97. The summed E-state index contributed by atoms with van der Waals surface area (Å²) in [6.45, 7) is 6.99. The Bertz CT molecular complexity index is 307. The van der Waals surface area contributed by atoms with Crippen LogP contribution in [0, 0.1) is 13.8 Å². The van der Waals surface area contributed by atoms with Crippen LogP contribution < -0.4 is 5.73 Å². The fraction of sp³-hybridized carbons (Fsp3) is 0.700. The molecule has 1 atom stereocenters. The highest BCUT2D eigenvalue weighted by Crippen LogP contribution is 2.14. The van der Waals surface area contributed by atoms with Crippen molar-refractivity contribution < 1.29 is 5.11 Å². The predicted molar refractivity (Wildman–Crippen MR) is 56.1 cm³/mol. The van der Waals surface area contributed by atoms with Crippen molar-refractivity contribution in [3.05, 3.63) is 17.0 Å². The Morgan fingerprint density at radius 1 is 1.50 bits per heavy atom. The third-order valence-corrected chi connectivity index (χ3v) is 2.53. The molecule has 14 heavy (non-hydrogen) atoms. The first-order chi connectivity index (χ1) is 6.60. The monoisotopic (exact) mass is 197 g/mol. The first-order valence-electron chi connectivity index (χ1n) is 4.99. The lowest BCUT2D eigenvalue weighted by atomic mass is 10.1. The zero-order chi connectivity index (χ0) is 10.7. The van der Waals surface area contributed by atoms with Crippen molar-refractivity contribution in [3.63, 3.8) is 0 Å². The lowest BCUT2D eigenvalue weighted by Crippen LogP contribution is -2.27. The quantitative estimate of drug-likeness (QED) is 0.733. The highest BCUT2D eigenvalue weighted by molar-refractivity contribution is 5.25. The van der Waals surface area contributed by atoms with E-state index in [9.17, 15) is 0 Å². The van der Waals surface area contributed by atoms with Crippen molar-refractivity contribution in [1.29, 1.82) is 0 Å². The number of aliphatic hydroxyl groups is 1. The average molecular weight is 197 g/mol. The zero-order valence-corrected chi connectivity index (χ0v) is 9.12. The Kier molecular flexibility index (Phi) is 3.66. The molecule has 0 saturated carbocycles. The molecule has 1 aromatic heterocycles. The first kappa shape index (κ1) is 11.2. The van der Waals surface area contributed by atoms with Crippen LogP contribution in [0.15, 0.2) is 0 Å². The van der Waals surface area contributed by atoms with E-state index in [2.05, 4.69) is 12.0 Å². The number of nitrogens with zero attached hydrogens (tertiary/aromatic N) is 2. The Morgan fingerprint density at radius 2 is 2.14 bits per heavy atom. The molecule has 4 nitrogen and oxygen atoms in total. The third kappa shape index (κ3) is 2.13. The highest BCUT2D eigenvalue weighted by atomic mass is 16.3. The summed E-state index contributed by atoms with van der Waals surface area (Å²) in [4.78, 5) is 0. The number of aliphatic hydroxyl groups excluding tert-OH is 1. The van der Waals surface area contributed by atoms with Crippen molar-refractivity contribution in [1.82, 2.24) is 9.78 Å². The highest BCUT2D eigenvalue weighted by Gasteiger charge is 2.13. The fourth-order valence-electron chi connectivity index (χ4n) is 1.66. The maximum absolute atomic E-state index is 8.89. The molecule has 1 rings (SSSR count). The molecule has 0 spiro atoms. The molecule has 1 aromatic rings. The molecule has 0 aliphatic rings. The van der Waals surface area contributed by atoms with Crippen LogP contribution in [0.4, 0.5) is 0 Å². The number of aromatic nitrogens is 2. The average Bonchev–Trinajstić information content (AvgIpc) is 2.44. The molecule has 1 unspecified atom stereocenters. The van der Waals surface area contributed by atoms with Gasteiger partial charge in [-0.1, -0.05) is 0 Å². The third-order valence-electron chi connectivity index (χ3n) is 2.53. The molecule has 0 radical (unpaired) electrons. The minimum absolute atomic E-state index is 0.0240. The van der Waals surface area contributed by atoms with Crippen LogP contribution >= 0.6 is 0 Å². The summed E-state index contributed by atoms with van der Waals surface area (Å²) in [5.41, 5.74) is 9.06. The zero-order valence-electron chi connectivity index (χ0n) is 9.12. The second kappa shape index (κ2) is 4.57. The van der Waals surface area contributed by atoms with Gasteiger partial charge in [0.2, 0.25) is 0 Å². The molecular weight excluding hydrogens is 178 g/mol. The van der Waals surface area contributed by atoms with Crippen LogP contribution in [0.5, 0.6) is 0 Å². The van der Waals surface area contributed by atoms with Crippen LogP contribution in [0.3, 0.4) is 0 Å². The molecular formula is C10H19N3O. The second-order valence-electron chi connectivity index (χ2n) is 3.61. The lowest BCUT2D eigenvalue weighted by Gasteiger charge is -2.08. The second-order valence-corrected chi connectivity index (χ2v) is 3.61. The van der Waals surface area contributed by atoms with E-state index in [-0.39, 0.29) is 12.6 Å². The van der Waals surface area contributed by atoms with Gasteiger partial charge < -0.3 is 10.8 Å². The van der Waals surface area contributed by atoms with E-state index < -0.39 is 0 Å². The van der Waals surface area contributed by atoms with Crippen LogP contribution in [-0.2, 0) is 13.0 Å². The number of hydrogen-bond donors (Lipinski definition) is 2. The van der Waals surface area contributed by atoms with Gasteiger partial charge in [-0.05, 0) is 32.8 Å².